The third kappa shape index (κ3) is 4.38. The molecule has 1 aromatic heterocycles. The Morgan fingerprint density at radius 3 is 2.93 bits per heavy atom. The molecule has 0 aliphatic heterocycles. The van der Waals surface area contributed by atoms with Gasteiger partial charge in [-0.05, 0) is 19.1 Å². The van der Waals surface area contributed by atoms with E-state index in [1.54, 1.807) is 13.3 Å². The highest BCUT2D eigenvalue weighted by atomic mass is 16.5. The molecule has 4 nitrogen and oxygen atoms in total. The van der Waals surface area contributed by atoms with Crippen LogP contribution in [0.2, 0.25) is 0 Å². The average Bonchev–Trinajstić information content (AvgIpc) is 2.27. The lowest BCUT2D eigenvalue weighted by Crippen LogP contribution is -2.32. The Balaban J connectivity index is 2.33. The molecule has 2 N–H and O–H groups in total. The predicted octanol–water partition coefficient (Wildman–Crippen LogP) is 0.739. The summed E-state index contributed by atoms with van der Waals surface area (Å²) in [5, 5.41) is 12.6. The molecule has 0 fully saturated rings. The minimum Gasteiger partial charge on any atom is -0.389 e. The zero-order valence-corrected chi connectivity index (χ0v) is 9.18. The van der Waals surface area contributed by atoms with E-state index < -0.39 is 6.10 Å². The second-order valence-electron chi connectivity index (χ2n) is 3.49. The Kier molecular flexibility index (Phi) is 5.25. The largest absolute Gasteiger partial charge is 0.389 e. The topological polar surface area (TPSA) is 54.4 Å². The van der Waals surface area contributed by atoms with Gasteiger partial charge in [-0.3, -0.25) is 4.98 Å². The first-order valence-corrected chi connectivity index (χ1v) is 5.05. The van der Waals surface area contributed by atoms with Crippen LogP contribution in [0.25, 0.3) is 0 Å². The van der Waals surface area contributed by atoms with Crippen LogP contribution in [-0.4, -0.2) is 36.5 Å². The Labute approximate surface area is 90.3 Å². The summed E-state index contributed by atoms with van der Waals surface area (Å²) < 4.78 is 4.84. The number of nitrogens with one attached hydrogen (secondary N) is 1. The summed E-state index contributed by atoms with van der Waals surface area (Å²) in [7, 11) is 1.57. The van der Waals surface area contributed by atoms with Crippen molar-refractivity contribution in [2.75, 3.05) is 20.3 Å². The van der Waals surface area contributed by atoms with Gasteiger partial charge in [-0.25, -0.2) is 0 Å². The highest BCUT2D eigenvalue weighted by Crippen LogP contribution is 2.07. The Morgan fingerprint density at radius 2 is 2.33 bits per heavy atom. The van der Waals surface area contributed by atoms with Crippen molar-refractivity contribution in [3.63, 3.8) is 0 Å². The number of hydrogen-bond donors (Lipinski definition) is 2. The lowest BCUT2D eigenvalue weighted by Gasteiger charge is -2.16. The van der Waals surface area contributed by atoms with Crippen molar-refractivity contribution in [1.29, 1.82) is 0 Å². The van der Waals surface area contributed by atoms with E-state index >= 15 is 0 Å². The van der Waals surface area contributed by atoms with Crippen molar-refractivity contribution in [2.24, 2.45) is 0 Å². The average molecular weight is 210 g/mol. The molecule has 15 heavy (non-hydrogen) atoms. The van der Waals surface area contributed by atoms with Crippen LogP contribution in [0, 0.1) is 0 Å². The molecule has 1 aromatic rings. The highest BCUT2D eigenvalue weighted by molar-refractivity contribution is 5.07. The van der Waals surface area contributed by atoms with E-state index in [1.807, 2.05) is 25.1 Å². The fraction of sp³-hybridized carbons (Fsp3) is 0.545. The molecular formula is C11H18N2O2. The Hall–Kier alpha value is -0.970. The van der Waals surface area contributed by atoms with Gasteiger partial charge in [0.2, 0.25) is 0 Å². The number of ether oxygens (including phenoxy) is 1. The van der Waals surface area contributed by atoms with Crippen LogP contribution in [0.15, 0.2) is 24.4 Å². The molecule has 2 atom stereocenters. The van der Waals surface area contributed by atoms with E-state index in [0.29, 0.717) is 13.2 Å². The molecule has 0 aliphatic rings. The number of methoxy groups -OCH3 is 1. The highest BCUT2D eigenvalue weighted by Gasteiger charge is 2.08. The molecule has 0 saturated heterocycles. The SMILES string of the molecule is COCC(O)CNC(C)c1ccccn1. The second kappa shape index (κ2) is 6.50. The van der Waals surface area contributed by atoms with E-state index in [4.69, 9.17) is 4.74 Å². The van der Waals surface area contributed by atoms with E-state index in [0.717, 1.165) is 5.69 Å². The summed E-state index contributed by atoms with van der Waals surface area (Å²) >= 11 is 0. The molecule has 4 heteroatoms. The summed E-state index contributed by atoms with van der Waals surface area (Å²) in [5.41, 5.74) is 0.974. The number of nitrogens with zero attached hydrogens (tertiary/aromatic N) is 1. The quantitative estimate of drug-likeness (QED) is 0.727. The molecule has 0 radical (unpaired) electrons. The maximum absolute atomic E-state index is 9.44. The van der Waals surface area contributed by atoms with Crippen LogP contribution >= 0.6 is 0 Å². The molecule has 0 amide bonds. The molecule has 1 heterocycles. The van der Waals surface area contributed by atoms with Gasteiger partial charge in [0.25, 0.3) is 0 Å². The first-order chi connectivity index (χ1) is 7.24. The fourth-order valence-corrected chi connectivity index (χ4v) is 1.30. The lowest BCUT2D eigenvalue weighted by molar-refractivity contribution is 0.0630. The summed E-state index contributed by atoms with van der Waals surface area (Å²) in [6.45, 7) is 2.87. The van der Waals surface area contributed by atoms with E-state index in [-0.39, 0.29) is 6.04 Å². The zero-order valence-electron chi connectivity index (χ0n) is 9.18. The number of aromatic nitrogens is 1. The third-order valence-corrected chi connectivity index (χ3v) is 2.15. The molecule has 1 rings (SSSR count). The van der Waals surface area contributed by atoms with Crippen molar-refractivity contribution < 1.29 is 9.84 Å². The van der Waals surface area contributed by atoms with Gasteiger partial charge in [-0.2, -0.15) is 0 Å². The van der Waals surface area contributed by atoms with Crippen LogP contribution < -0.4 is 5.32 Å². The van der Waals surface area contributed by atoms with Gasteiger partial charge in [0.15, 0.2) is 0 Å². The second-order valence-corrected chi connectivity index (χ2v) is 3.49. The number of aliphatic hydroxyl groups is 1. The number of aliphatic hydroxyl groups excluding tert-OH is 1. The first-order valence-electron chi connectivity index (χ1n) is 5.05. The fourth-order valence-electron chi connectivity index (χ4n) is 1.30. The van der Waals surface area contributed by atoms with Crippen molar-refractivity contribution in [3.8, 4) is 0 Å². The van der Waals surface area contributed by atoms with E-state index in [2.05, 4.69) is 10.3 Å². The molecule has 0 saturated carbocycles. The van der Waals surface area contributed by atoms with Crippen molar-refractivity contribution in [3.05, 3.63) is 30.1 Å². The van der Waals surface area contributed by atoms with Gasteiger partial charge >= 0.3 is 0 Å². The van der Waals surface area contributed by atoms with Gasteiger partial charge in [-0.1, -0.05) is 6.07 Å². The standard InChI is InChI=1S/C11H18N2O2/c1-9(11-5-3-4-6-12-11)13-7-10(14)8-15-2/h3-6,9-10,13-14H,7-8H2,1-2H3. The van der Waals surface area contributed by atoms with E-state index in [9.17, 15) is 5.11 Å². The van der Waals surface area contributed by atoms with Gasteiger partial charge < -0.3 is 15.2 Å². The summed E-state index contributed by atoms with van der Waals surface area (Å²) in [6.07, 6.45) is 1.29. The monoisotopic (exact) mass is 210 g/mol. The molecular weight excluding hydrogens is 192 g/mol. The summed E-state index contributed by atoms with van der Waals surface area (Å²) in [6, 6.07) is 5.93. The predicted molar refractivity (Wildman–Crippen MR) is 58.5 cm³/mol. The maximum atomic E-state index is 9.44. The van der Waals surface area contributed by atoms with Crippen LogP contribution in [0.4, 0.5) is 0 Å². The third-order valence-electron chi connectivity index (χ3n) is 2.15. The van der Waals surface area contributed by atoms with Crippen LogP contribution in [0.1, 0.15) is 18.7 Å². The van der Waals surface area contributed by atoms with Crippen molar-refractivity contribution in [1.82, 2.24) is 10.3 Å². The normalized spacial score (nSPS) is 14.9. The summed E-state index contributed by atoms with van der Waals surface area (Å²) in [4.78, 5) is 4.23. The number of pyridine rings is 1. The first kappa shape index (κ1) is 12.1. The molecule has 0 aromatic carbocycles. The Bertz CT molecular complexity index is 267. The molecule has 84 valence electrons. The number of rotatable bonds is 6. The smallest absolute Gasteiger partial charge is 0.0897 e. The molecule has 0 spiro atoms. The minimum atomic E-state index is -0.471. The molecule has 0 bridgehead atoms. The maximum Gasteiger partial charge on any atom is 0.0897 e. The van der Waals surface area contributed by atoms with Crippen LogP contribution in [0.3, 0.4) is 0 Å². The molecule has 0 aliphatic carbocycles. The minimum absolute atomic E-state index is 0.137. The van der Waals surface area contributed by atoms with Gasteiger partial charge in [0.05, 0.1) is 18.4 Å². The zero-order chi connectivity index (χ0) is 11.1. The van der Waals surface area contributed by atoms with Gasteiger partial charge in [0.1, 0.15) is 0 Å². The van der Waals surface area contributed by atoms with Crippen molar-refractivity contribution in [2.45, 2.75) is 19.1 Å². The van der Waals surface area contributed by atoms with Gasteiger partial charge in [0, 0.05) is 25.9 Å². The number of hydrogen-bond acceptors (Lipinski definition) is 4. The van der Waals surface area contributed by atoms with Gasteiger partial charge in [-0.15, -0.1) is 0 Å². The lowest BCUT2D eigenvalue weighted by atomic mass is 10.2. The van der Waals surface area contributed by atoms with Crippen LogP contribution in [-0.2, 0) is 4.74 Å². The Morgan fingerprint density at radius 1 is 1.53 bits per heavy atom. The summed E-state index contributed by atoms with van der Waals surface area (Å²) in [5.74, 6) is 0. The van der Waals surface area contributed by atoms with Crippen LogP contribution in [0.5, 0.6) is 0 Å². The van der Waals surface area contributed by atoms with Crippen molar-refractivity contribution >= 4 is 0 Å². The molecule has 2 unspecified atom stereocenters. The van der Waals surface area contributed by atoms with E-state index in [1.165, 1.54) is 0 Å².